The van der Waals surface area contributed by atoms with Crippen LogP contribution in [0, 0.1) is 0 Å². The van der Waals surface area contributed by atoms with Gasteiger partial charge in [-0.15, -0.1) is 0 Å². The molecule has 9 nitrogen and oxygen atoms in total. The van der Waals surface area contributed by atoms with Gasteiger partial charge in [-0.2, -0.15) is 0 Å². The molecule has 0 amide bonds. The summed E-state index contributed by atoms with van der Waals surface area (Å²) >= 11 is 0. The van der Waals surface area contributed by atoms with Gasteiger partial charge in [-0.3, -0.25) is 0 Å². The minimum absolute atomic E-state index is 0. The van der Waals surface area contributed by atoms with Crippen molar-refractivity contribution in [2.75, 3.05) is 0 Å². The van der Waals surface area contributed by atoms with Crippen molar-refractivity contribution >= 4 is 0 Å². The minimum Gasteiger partial charge on any atom is -2.00 e. The molecule has 0 atom stereocenters. The zero-order valence-electron chi connectivity index (χ0n) is 5.31. The molecule has 0 N–H and O–H groups in total. The van der Waals surface area contributed by atoms with E-state index in [-0.39, 0.29) is 126 Å². The topological polar surface area (TPSA) is 256 Å². The monoisotopic (exact) mass is 444 g/mol. The fraction of sp³-hybridized carbons (Fsp3) is 0. The molecule has 0 bridgehead atoms. The van der Waals surface area contributed by atoms with E-state index in [9.17, 15) is 0 Å². The van der Waals surface area contributed by atoms with Crippen LogP contribution in [0.4, 0.5) is 0 Å². The van der Waals surface area contributed by atoms with Crippen LogP contribution in [0.25, 0.3) is 0 Å². The van der Waals surface area contributed by atoms with E-state index in [4.69, 9.17) is 0 Å². The molecule has 0 aliphatic heterocycles. The van der Waals surface area contributed by atoms with Crippen molar-refractivity contribution in [2.24, 2.45) is 0 Å². The fourth-order valence-electron chi connectivity index (χ4n) is 0. The summed E-state index contributed by atoms with van der Waals surface area (Å²) in [5.41, 5.74) is 0. The second kappa shape index (κ2) is 556. The summed E-state index contributed by atoms with van der Waals surface area (Å²) in [5, 5.41) is 0. The molecule has 0 aliphatic rings. The van der Waals surface area contributed by atoms with E-state index in [1.54, 1.807) is 0 Å². The van der Waals surface area contributed by atoms with Crippen LogP contribution in [0.5, 0.6) is 0 Å². The molecule has 0 saturated carbocycles. The van der Waals surface area contributed by atoms with Gasteiger partial charge in [0.15, 0.2) is 0 Å². The van der Waals surface area contributed by atoms with E-state index < -0.39 is 0 Å². The second-order valence-electron chi connectivity index (χ2n) is 0. The van der Waals surface area contributed by atoms with Crippen LogP contribution in [0.2, 0.25) is 0 Å². The Kier molecular flexibility index (Phi) is 29500. The van der Waals surface area contributed by atoms with Gasteiger partial charge in [-0.25, -0.2) is 0 Å². The molecule has 13 heavy (non-hydrogen) atoms. The molecule has 0 aromatic rings. The van der Waals surface area contributed by atoms with Crippen LogP contribution in [0.15, 0.2) is 0 Å². The van der Waals surface area contributed by atoms with Gasteiger partial charge in [0.05, 0.1) is 0 Å². The predicted molar refractivity (Wildman–Crippen MR) is 6.18 cm³/mol. The molecule has 0 fully saturated rings. The Balaban J connectivity index is 0. The Morgan fingerprint density at radius 2 is 0.231 bits per heavy atom. The number of rotatable bonds is 0. The molecule has 0 unspecified atom stereocenters. The van der Waals surface area contributed by atoms with Crippen LogP contribution < -0.4 is 0 Å². The molecular weight excluding hydrogens is 440 g/mol. The molecule has 2 radical (unpaired) electrons. The second-order valence-corrected chi connectivity index (χ2v) is 0. The van der Waals surface area contributed by atoms with Gasteiger partial charge >= 0.3 is 34.7 Å². The molecular formula is Cr2Mo2O9-12. The van der Waals surface area contributed by atoms with E-state index in [0.29, 0.717) is 0 Å². The first kappa shape index (κ1) is 690. The fourth-order valence-corrected chi connectivity index (χ4v) is 0. The van der Waals surface area contributed by atoms with E-state index in [1.807, 2.05) is 0 Å². The first-order valence-corrected chi connectivity index (χ1v) is 0. The molecule has 0 rings (SSSR count). The molecule has 90 valence electrons. The average Bonchev–Trinajstić information content (AvgIpc) is 0. The van der Waals surface area contributed by atoms with Crippen LogP contribution in [-0.4, -0.2) is 0 Å². The third-order valence-electron chi connectivity index (χ3n) is 0. The number of hydrogen-bond acceptors (Lipinski definition) is 0. The molecule has 0 saturated heterocycles. The molecule has 0 heterocycles. The maximum Gasteiger partial charge on any atom is 3.00 e. The maximum absolute atomic E-state index is 0. The van der Waals surface area contributed by atoms with Crippen LogP contribution in [-0.2, 0) is 126 Å². The van der Waals surface area contributed by atoms with Crippen LogP contribution >= 0.6 is 0 Å². The van der Waals surface area contributed by atoms with E-state index in [0.717, 1.165) is 0 Å². The SMILES string of the molecule is [Cr+3].[Cr+3].[Mo].[Mo].[O-2].[O-2].[O-2].[O-2].[O-2].[O-2].[O-2].[O-2].[O-2]. The predicted octanol–water partition coefficient (Wildman–Crippen LogP) is -1.08. The smallest absolute Gasteiger partial charge is 2.00 e. The van der Waals surface area contributed by atoms with Crippen molar-refractivity contribution in [1.82, 2.24) is 0 Å². The number of hydrogen-bond donors (Lipinski definition) is 0. The van der Waals surface area contributed by atoms with Gasteiger partial charge in [0.25, 0.3) is 0 Å². The normalized spacial score (nSPS) is 0. The Morgan fingerprint density at radius 3 is 0.231 bits per heavy atom. The van der Waals surface area contributed by atoms with E-state index >= 15 is 0 Å². The summed E-state index contributed by atoms with van der Waals surface area (Å²) in [7, 11) is 0. The van der Waals surface area contributed by atoms with Crippen molar-refractivity contribution in [3.63, 3.8) is 0 Å². The van der Waals surface area contributed by atoms with Gasteiger partial charge in [0.1, 0.15) is 0 Å². The first-order chi connectivity index (χ1) is 0. The Bertz CT molecular complexity index is 15.6. The van der Waals surface area contributed by atoms with Crippen molar-refractivity contribution < 1.29 is 126 Å². The summed E-state index contributed by atoms with van der Waals surface area (Å²) in [6.45, 7) is 0. The largest absolute Gasteiger partial charge is 3.00 e. The Hall–Kier alpha value is 2.08. The maximum atomic E-state index is 0. The van der Waals surface area contributed by atoms with E-state index in [1.165, 1.54) is 0 Å². The van der Waals surface area contributed by atoms with Crippen molar-refractivity contribution in [3.8, 4) is 0 Å². The van der Waals surface area contributed by atoms with Gasteiger partial charge in [0, 0.05) is 42.1 Å². The van der Waals surface area contributed by atoms with Gasteiger partial charge in [-0.1, -0.05) is 0 Å². The van der Waals surface area contributed by atoms with Gasteiger partial charge in [0.2, 0.25) is 0 Å². The summed E-state index contributed by atoms with van der Waals surface area (Å²) < 4.78 is 0. The Morgan fingerprint density at radius 1 is 0.231 bits per heavy atom. The first-order valence-electron chi connectivity index (χ1n) is 0. The Labute approximate surface area is 125 Å². The van der Waals surface area contributed by atoms with Crippen molar-refractivity contribution in [3.05, 3.63) is 0 Å². The average molecular weight is 440 g/mol. The summed E-state index contributed by atoms with van der Waals surface area (Å²) in [6, 6.07) is 0. The van der Waals surface area contributed by atoms with E-state index in [2.05, 4.69) is 0 Å². The van der Waals surface area contributed by atoms with Gasteiger partial charge in [-0.05, 0) is 0 Å². The molecule has 0 aromatic heterocycles. The van der Waals surface area contributed by atoms with Crippen molar-refractivity contribution in [2.45, 2.75) is 0 Å². The third kappa shape index (κ3) is 474. The molecule has 13 heteroatoms. The molecule has 0 aromatic carbocycles. The van der Waals surface area contributed by atoms with Crippen molar-refractivity contribution in [1.29, 1.82) is 0 Å². The summed E-state index contributed by atoms with van der Waals surface area (Å²) in [6.07, 6.45) is 0. The minimum atomic E-state index is 0. The molecule has 0 spiro atoms. The third-order valence-corrected chi connectivity index (χ3v) is 0. The van der Waals surface area contributed by atoms with Crippen LogP contribution in [0.3, 0.4) is 0 Å². The standard InChI is InChI=1S/2Cr.2Mo.9O/q2*+3;;;9*-2. The molecule has 0 aliphatic carbocycles. The van der Waals surface area contributed by atoms with Crippen LogP contribution in [0.1, 0.15) is 0 Å². The summed E-state index contributed by atoms with van der Waals surface area (Å²) in [4.78, 5) is 0. The van der Waals surface area contributed by atoms with Gasteiger partial charge < -0.3 is 49.3 Å². The summed E-state index contributed by atoms with van der Waals surface area (Å²) in [5.74, 6) is 0. The zero-order chi connectivity index (χ0) is 0. The zero-order valence-corrected chi connectivity index (χ0v) is 11.9. The quantitative estimate of drug-likeness (QED) is 0.407.